The molecule has 0 spiro atoms. The SMILES string of the molecule is O=C(c1cc2sccc2n1Cc1ccc(F)cc1)N1CCN(c2cccc(C(F)(F)F)c2)CC1. The van der Waals surface area contributed by atoms with Crippen LogP contribution in [0, 0.1) is 5.82 Å². The van der Waals surface area contributed by atoms with E-state index in [4.69, 9.17) is 0 Å². The number of nitrogens with zero attached hydrogens (tertiary/aromatic N) is 3. The van der Waals surface area contributed by atoms with Crippen LogP contribution in [-0.2, 0) is 12.7 Å². The smallest absolute Gasteiger partial charge is 0.368 e. The lowest BCUT2D eigenvalue weighted by Crippen LogP contribution is -2.49. The maximum atomic E-state index is 13.4. The van der Waals surface area contributed by atoms with E-state index in [1.54, 1.807) is 34.4 Å². The number of fused-ring (bicyclic) bond motifs is 1. The fourth-order valence-electron chi connectivity index (χ4n) is 4.31. The number of carbonyl (C=O) groups excluding carboxylic acids is 1. The summed E-state index contributed by atoms with van der Waals surface area (Å²) >= 11 is 1.55. The highest BCUT2D eigenvalue weighted by Crippen LogP contribution is 2.32. The molecule has 0 radical (unpaired) electrons. The average Bonchev–Trinajstić information content (AvgIpc) is 3.42. The Labute approximate surface area is 197 Å². The molecule has 34 heavy (non-hydrogen) atoms. The van der Waals surface area contributed by atoms with Crippen LogP contribution in [0.1, 0.15) is 21.6 Å². The number of benzene rings is 2. The van der Waals surface area contributed by atoms with E-state index in [-0.39, 0.29) is 11.7 Å². The van der Waals surface area contributed by atoms with Gasteiger partial charge in [-0.05, 0) is 53.4 Å². The van der Waals surface area contributed by atoms with Crippen molar-refractivity contribution in [2.45, 2.75) is 12.7 Å². The summed E-state index contributed by atoms with van der Waals surface area (Å²) in [5.74, 6) is -0.430. The molecule has 9 heteroatoms. The Morgan fingerprint density at radius 1 is 0.941 bits per heavy atom. The summed E-state index contributed by atoms with van der Waals surface area (Å²) in [6.45, 7) is 2.14. The summed E-state index contributed by atoms with van der Waals surface area (Å²) in [5, 5.41) is 1.97. The number of thiophene rings is 1. The third kappa shape index (κ3) is 4.40. The standard InChI is InChI=1S/C25H21F4N3OS/c26-19-6-4-17(5-7-19)16-32-21-8-13-34-23(21)15-22(32)24(33)31-11-9-30(10-12-31)20-3-1-2-18(14-20)25(27,28)29/h1-8,13-15H,9-12,16H2. The van der Waals surface area contributed by atoms with Crippen LogP contribution in [0.3, 0.4) is 0 Å². The molecule has 4 aromatic rings. The molecule has 1 aliphatic rings. The molecular formula is C25H21F4N3OS. The maximum Gasteiger partial charge on any atom is 0.416 e. The van der Waals surface area contributed by atoms with Crippen molar-refractivity contribution in [3.63, 3.8) is 0 Å². The van der Waals surface area contributed by atoms with Gasteiger partial charge in [-0.1, -0.05) is 18.2 Å². The van der Waals surface area contributed by atoms with Crippen molar-refractivity contribution in [2.75, 3.05) is 31.1 Å². The summed E-state index contributed by atoms with van der Waals surface area (Å²) in [5.41, 5.74) is 2.21. The van der Waals surface area contributed by atoms with Gasteiger partial charge in [0, 0.05) is 38.4 Å². The molecule has 1 aliphatic heterocycles. The highest BCUT2D eigenvalue weighted by molar-refractivity contribution is 7.17. The number of rotatable bonds is 4. The second kappa shape index (κ2) is 8.79. The number of hydrogen-bond acceptors (Lipinski definition) is 3. The summed E-state index contributed by atoms with van der Waals surface area (Å²) in [4.78, 5) is 17.1. The Morgan fingerprint density at radius 2 is 1.68 bits per heavy atom. The van der Waals surface area contributed by atoms with Crippen LogP contribution < -0.4 is 4.90 Å². The quantitative estimate of drug-likeness (QED) is 0.337. The number of amides is 1. The Morgan fingerprint density at radius 3 is 2.38 bits per heavy atom. The van der Waals surface area contributed by atoms with E-state index in [9.17, 15) is 22.4 Å². The molecule has 0 aliphatic carbocycles. The molecule has 0 unspecified atom stereocenters. The first-order chi connectivity index (χ1) is 16.3. The number of carbonyl (C=O) groups is 1. The molecule has 1 fully saturated rings. The molecule has 0 N–H and O–H groups in total. The van der Waals surface area contributed by atoms with Gasteiger partial charge >= 0.3 is 6.18 Å². The van der Waals surface area contributed by atoms with Gasteiger partial charge in [0.15, 0.2) is 0 Å². The number of alkyl halides is 3. The van der Waals surface area contributed by atoms with Crippen molar-refractivity contribution in [3.05, 3.63) is 88.7 Å². The van der Waals surface area contributed by atoms with Gasteiger partial charge in [-0.2, -0.15) is 13.2 Å². The van der Waals surface area contributed by atoms with Crippen LogP contribution in [0.4, 0.5) is 23.2 Å². The van der Waals surface area contributed by atoms with Crippen molar-refractivity contribution < 1.29 is 22.4 Å². The van der Waals surface area contributed by atoms with Gasteiger partial charge in [-0.15, -0.1) is 11.3 Å². The molecule has 176 valence electrons. The number of anilines is 1. The molecule has 2 aromatic carbocycles. The predicted octanol–water partition coefficient (Wildman–Crippen LogP) is 5.87. The van der Waals surface area contributed by atoms with Gasteiger partial charge in [0.2, 0.25) is 0 Å². The Kier molecular flexibility index (Phi) is 5.81. The molecule has 2 aromatic heterocycles. The first-order valence-corrected chi connectivity index (χ1v) is 11.7. The van der Waals surface area contributed by atoms with Gasteiger partial charge < -0.3 is 14.4 Å². The van der Waals surface area contributed by atoms with E-state index in [2.05, 4.69) is 0 Å². The molecule has 0 saturated carbocycles. The monoisotopic (exact) mass is 487 g/mol. The second-order valence-corrected chi connectivity index (χ2v) is 9.19. The zero-order chi connectivity index (χ0) is 23.9. The maximum absolute atomic E-state index is 13.4. The number of piperazine rings is 1. The molecule has 4 nitrogen and oxygen atoms in total. The molecule has 5 rings (SSSR count). The van der Waals surface area contributed by atoms with Crippen LogP contribution in [0.2, 0.25) is 0 Å². The van der Waals surface area contributed by atoms with Gasteiger partial charge in [0.05, 0.1) is 15.8 Å². The molecule has 0 bridgehead atoms. The van der Waals surface area contributed by atoms with Gasteiger partial charge in [-0.25, -0.2) is 4.39 Å². The van der Waals surface area contributed by atoms with E-state index in [1.165, 1.54) is 18.2 Å². The number of hydrogen-bond donors (Lipinski definition) is 0. The lowest BCUT2D eigenvalue weighted by atomic mass is 10.1. The largest absolute Gasteiger partial charge is 0.416 e. The van der Waals surface area contributed by atoms with Gasteiger partial charge in [0.25, 0.3) is 5.91 Å². The van der Waals surface area contributed by atoms with Gasteiger partial charge in [-0.3, -0.25) is 4.79 Å². The predicted molar refractivity (Wildman–Crippen MR) is 125 cm³/mol. The zero-order valence-corrected chi connectivity index (χ0v) is 18.9. The van der Waals surface area contributed by atoms with E-state index in [0.717, 1.165) is 27.9 Å². The van der Waals surface area contributed by atoms with Crippen molar-refractivity contribution in [2.24, 2.45) is 0 Å². The number of halogens is 4. The van der Waals surface area contributed by atoms with Crippen LogP contribution in [0.25, 0.3) is 10.2 Å². The van der Waals surface area contributed by atoms with E-state index in [1.807, 2.05) is 27.0 Å². The highest BCUT2D eigenvalue weighted by Gasteiger charge is 2.31. The van der Waals surface area contributed by atoms with Crippen molar-refractivity contribution in [3.8, 4) is 0 Å². The minimum atomic E-state index is -4.39. The zero-order valence-electron chi connectivity index (χ0n) is 18.1. The molecule has 3 heterocycles. The van der Waals surface area contributed by atoms with Crippen molar-refractivity contribution >= 4 is 33.1 Å². The fraction of sp³-hybridized carbons (Fsp3) is 0.240. The van der Waals surface area contributed by atoms with E-state index < -0.39 is 11.7 Å². The third-order valence-corrected chi connectivity index (χ3v) is 6.95. The first kappa shape index (κ1) is 22.5. The Balaban J connectivity index is 1.34. The summed E-state index contributed by atoms with van der Waals surface area (Å²) in [7, 11) is 0. The molecule has 0 atom stereocenters. The lowest BCUT2D eigenvalue weighted by Gasteiger charge is -2.36. The van der Waals surface area contributed by atoms with Crippen LogP contribution >= 0.6 is 11.3 Å². The van der Waals surface area contributed by atoms with Gasteiger partial charge in [0.1, 0.15) is 11.5 Å². The highest BCUT2D eigenvalue weighted by atomic mass is 32.1. The van der Waals surface area contributed by atoms with Crippen LogP contribution in [-0.4, -0.2) is 41.6 Å². The second-order valence-electron chi connectivity index (χ2n) is 8.24. The number of aromatic nitrogens is 1. The Hall–Kier alpha value is -3.33. The summed E-state index contributed by atoms with van der Waals surface area (Å²) in [6, 6.07) is 15.3. The van der Waals surface area contributed by atoms with Crippen molar-refractivity contribution in [1.29, 1.82) is 0 Å². The summed E-state index contributed by atoms with van der Waals surface area (Å²) < 4.78 is 55.5. The fourth-order valence-corrected chi connectivity index (χ4v) is 5.13. The van der Waals surface area contributed by atoms with E-state index >= 15 is 0 Å². The van der Waals surface area contributed by atoms with Crippen molar-refractivity contribution in [1.82, 2.24) is 9.47 Å². The van der Waals surface area contributed by atoms with Crippen LogP contribution in [0.15, 0.2) is 66.0 Å². The molecular weight excluding hydrogens is 466 g/mol. The minimum absolute atomic E-state index is 0.116. The van der Waals surface area contributed by atoms with E-state index in [0.29, 0.717) is 44.1 Å². The lowest BCUT2D eigenvalue weighted by molar-refractivity contribution is -0.137. The average molecular weight is 488 g/mol. The molecule has 1 amide bonds. The third-order valence-electron chi connectivity index (χ3n) is 6.10. The molecule has 1 saturated heterocycles. The summed E-state index contributed by atoms with van der Waals surface area (Å²) in [6.07, 6.45) is -4.39. The normalized spacial score (nSPS) is 14.7. The van der Waals surface area contributed by atoms with Crippen LogP contribution in [0.5, 0.6) is 0 Å². The Bertz CT molecular complexity index is 1320. The minimum Gasteiger partial charge on any atom is -0.368 e. The topological polar surface area (TPSA) is 28.5 Å². The first-order valence-electron chi connectivity index (χ1n) is 10.8.